The number of rotatable bonds is 3. The van der Waals surface area contributed by atoms with Gasteiger partial charge < -0.3 is 11.1 Å². The van der Waals surface area contributed by atoms with Crippen LogP contribution in [0.2, 0.25) is 0 Å². The molecule has 1 fully saturated rings. The first-order valence-electron chi connectivity index (χ1n) is 6.25. The van der Waals surface area contributed by atoms with E-state index >= 15 is 0 Å². The van der Waals surface area contributed by atoms with Crippen molar-refractivity contribution in [2.75, 3.05) is 18.1 Å². The van der Waals surface area contributed by atoms with Gasteiger partial charge in [-0.05, 0) is 17.9 Å². The van der Waals surface area contributed by atoms with Gasteiger partial charge in [0.25, 0.3) is 0 Å². The van der Waals surface area contributed by atoms with Crippen LogP contribution in [-0.4, -0.2) is 32.4 Å². The van der Waals surface area contributed by atoms with Crippen LogP contribution in [0.4, 0.5) is 0 Å². The van der Waals surface area contributed by atoms with Gasteiger partial charge in [-0.3, -0.25) is 4.79 Å². The number of carbonyl (C=O) groups excluding carboxylic acids is 1. The monoisotopic (exact) mass is 312 g/mol. The van der Waals surface area contributed by atoms with Gasteiger partial charge >= 0.3 is 0 Å². The van der Waals surface area contributed by atoms with E-state index in [-0.39, 0.29) is 17.4 Å². The Morgan fingerprint density at radius 3 is 3.00 bits per heavy atom. The van der Waals surface area contributed by atoms with Crippen molar-refractivity contribution < 1.29 is 13.2 Å². The molecule has 7 heteroatoms. The van der Waals surface area contributed by atoms with E-state index in [1.54, 1.807) is 0 Å². The summed E-state index contributed by atoms with van der Waals surface area (Å²) in [6.07, 6.45) is 0.415. The highest BCUT2D eigenvalue weighted by molar-refractivity contribution is 7.91. The molecular weight excluding hydrogens is 296 g/mol. The first-order valence-corrected chi connectivity index (χ1v) is 8.95. The van der Waals surface area contributed by atoms with Crippen molar-refractivity contribution in [3.8, 4) is 11.8 Å². The van der Waals surface area contributed by atoms with Crippen molar-refractivity contribution in [1.29, 1.82) is 0 Å². The van der Waals surface area contributed by atoms with Gasteiger partial charge in [0.1, 0.15) is 0 Å². The Hall–Kier alpha value is -1.36. The summed E-state index contributed by atoms with van der Waals surface area (Å²) >= 11 is 1.51. The zero-order valence-corrected chi connectivity index (χ0v) is 12.5. The lowest BCUT2D eigenvalue weighted by Gasteiger charge is -2.08. The molecule has 5 nitrogen and oxygen atoms in total. The van der Waals surface area contributed by atoms with Crippen LogP contribution in [-0.2, 0) is 21.2 Å². The van der Waals surface area contributed by atoms with E-state index in [1.165, 1.54) is 11.3 Å². The highest BCUT2D eigenvalue weighted by atomic mass is 32.2. The minimum absolute atomic E-state index is 0.0386. The number of hydrogen-bond acceptors (Lipinski definition) is 5. The molecule has 1 aromatic rings. The van der Waals surface area contributed by atoms with Crippen molar-refractivity contribution in [1.82, 2.24) is 5.32 Å². The third-order valence-corrected chi connectivity index (χ3v) is 5.79. The molecule has 1 aliphatic rings. The predicted molar refractivity (Wildman–Crippen MR) is 78.9 cm³/mol. The molecule has 1 aliphatic heterocycles. The lowest BCUT2D eigenvalue weighted by molar-refractivity contribution is -0.124. The summed E-state index contributed by atoms with van der Waals surface area (Å²) in [5.41, 5.74) is 6.19. The van der Waals surface area contributed by atoms with Crippen molar-refractivity contribution in [2.45, 2.75) is 13.0 Å². The average Bonchev–Trinajstić information content (AvgIpc) is 2.99. The molecule has 108 valence electrons. The molecular formula is C13H16N2O3S2. The molecule has 1 aromatic heterocycles. The van der Waals surface area contributed by atoms with Crippen molar-refractivity contribution >= 4 is 27.1 Å². The van der Waals surface area contributed by atoms with Crippen LogP contribution < -0.4 is 11.1 Å². The minimum Gasteiger partial charge on any atom is -0.351 e. The number of sulfone groups is 1. The summed E-state index contributed by atoms with van der Waals surface area (Å²) in [6, 6.07) is 1.88. The van der Waals surface area contributed by atoms with Crippen molar-refractivity contribution in [3.05, 3.63) is 21.9 Å². The SMILES string of the molecule is NCC#Cc1ccsc1CNC(=O)C1CCS(=O)(=O)C1. The third kappa shape index (κ3) is 3.82. The van der Waals surface area contributed by atoms with Gasteiger partial charge in [-0.25, -0.2) is 8.42 Å². The predicted octanol–water partition coefficient (Wildman–Crippen LogP) is 0.109. The Morgan fingerprint density at radius 1 is 1.55 bits per heavy atom. The fraction of sp³-hybridized carbons (Fsp3) is 0.462. The maximum atomic E-state index is 11.9. The Balaban J connectivity index is 1.93. The highest BCUT2D eigenvalue weighted by Crippen LogP contribution is 2.19. The number of nitrogens with two attached hydrogens (primary N) is 1. The van der Waals surface area contributed by atoms with Crippen molar-refractivity contribution in [2.24, 2.45) is 11.7 Å². The van der Waals surface area contributed by atoms with Gasteiger partial charge in [-0.15, -0.1) is 11.3 Å². The van der Waals surface area contributed by atoms with E-state index in [9.17, 15) is 13.2 Å². The smallest absolute Gasteiger partial charge is 0.224 e. The number of carbonyl (C=O) groups is 1. The molecule has 0 radical (unpaired) electrons. The van der Waals surface area contributed by atoms with Gasteiger partial charge in [-0.1, -0.05) is 11.8 Å². The van der Waals surface area contributed by atoms with Crippen LogP contribution in [0.1, 0.15) is 16.9 Å². The molecule has 0 saturated carbocycles. The second kappa shape index (κ2) is 6.39. The Labute approximate surface area is 122 Å². The van der Waals surface area contributed by atoms with Crippen LogP contribution in [0.15, 0.2) is 11.4 Å². The van der Waals surface area contributed by atoms with Gasteiger partial charge in [-0.2, -0.15) is 0 Å². The number of nitrogens with one attached hydrogen (secondary N) is 1. The molecule has 1 atom stereocenters. The van der Waals surface area contributed by atoms with Gasteiger partial charge in [0, 0.05) is 10.4 Å². The number of amides is 1. The van der Waals surface area contributed by atoms with Crippen molar-refractivity contribution in [3.63, 3.8) is 0 Å². The summed E-state index contributed by atoms with van der Waals surface area (Å²) < 4.78 is 22.7. The maximum absolute atomic E-state index is 11.9. The molecule has 0 spiro atoms. The van der Waals surface area contributed by atoms with E-state index in [2.05, 4.69) is 17.2 Å². The fourth-order valence-electron chi connectivity index (χ4n) is 2.05. The zero-order chi connectivity index (χ0) is 14.6. The van der Waals surface area contributed by atoms with Crippen LogP contribution in [0, 0.1) is 17.8 Å². The molecule has 20 heavy (non-hydrogen) atoms. The highest BCUT2D eigenvalue weighted by Gasteiger charge is 2.32. The van der Waals surface area contributed by atoms with Gasteiger partial charge in [0.15, 0.2) is 9.84 Å². The molecule has 1 amide bonds. The fourth-order valence-corrected chi connectivity index (χ4v) is 4.56. The molecule has 3 N–H and O–H groups in total. The Bertz CT molecular complexity index is 653. The quantitative estimate of drug-likeness (QED) is 0.775. The molecule has 0 bridgehead atoms. The second-order valence-electron chi connectivity index (χ2n) is 4.58. The summed E-state index contributed by atoms with van der Waals surface area (Å²) in [5.74, 6) is 5.18. The normalized spacial score (nSPS) is 20.1. The molecule has 0 aliphatic carbocycles. The topological polar surface area (TPSA) is 89.3 Å². The first-order chi connectivity index (χ1) is 9.52. The summed E-state index contributed by atoms with van der Waals surface area (Å²) in [6.45, 7) is 0.670. The van der Waals surface area contributed by atoms with E-state index in [4.69, 9.17) is 5.73 Å². The zero-order valence-electron chi connectivity index (χ0n) is 10.9. The Kier molecular flexibility index (Phi) is 4.81. The maximum Gasteiger partial charge on any atom is 0.224 e. The molecule has 2 rings (SSSR count). The van der Waals surface area contributed by atoms with E-state index < -0.39 is 15.8 Å². The number of thiophene rings is 1. The molecule has 2 heterocycles. The van der Waals surface area contributed by atoms with Gasteiger partial charge in [0.05, 0.1) is 30.5 Å². The summed E-state index contributed by atoms with van der Waals surface area (Å²) in [7, 11) is -3.03. The van der Waals surface area contributed by atoms with Crippen LogP contribution in [0.3, 0.4) is 0 Å². The summed E-state index contributed by atoms with van der Waals surface area (Å²) in [4.78, 5) is 12.9. The molecule has 1 unspecified atom stereocenters. The average molecular weight is 312 g/mol. The Morgan fingerprint density at radius 2 is 2.35 bits per heavy atom. The first kappa shape index (κ1) is 15.0. The molecule has 1 saturated heterocycles. The number of hydrogen-bond donors (Lipinski definition) is 2. The second-order valence-corrected chi connectivity index (χ2v) is 7.81. The largest absolute Gasteiger partial charge is 0.351 e. The van der Waals surface area contributed by atoms with Crippen LogP contribution >= 0.6 is 11.3 Å². The summed E-state index contributed by atoms with van der Waals surface area (Å²) in [5, 5.41) is 4.69. The lowest BCUT2D eigenvalue weighted by atomic mass is 10.1. The van der Waals surface area contributed by atoms with E-state index in [0.717, 1.165) is 10.4 Å². The minimum atomic E-state index is -3.03. The third-order valence-electron chi connectivity index (χ3n) is 3.10. The van der Waals surface area contributed by atoms with Gasteiger partial charge in [0.2, 0.25) is 5.91 Å². The van der Waals surface area contributed by atoms with Crippen LogP contribution in [0.25, 0.3) is 0 Å². The molecule has 0 aromatic carbocycles. The standard InChI is InChI=1S/C13H16N2O3S2/c14-5-1-2-10-3-6-19-12(10)8-15-13(16)11-4-7-20(17,18)9-11/h3,6,11H,4-5,7-9,14H2,(H,15,16). The van der Waals surface area contributed by atoms with E-state index in [1.807, 2.05) is 11.4 Å². The van der Waals surface area contributed by atoms with Crippen LogP contribution in [0.5, 0.6) is 0 Å². The lowest BCUT2D eigenvalue weighted by Crippen LogP contribution is -2.30. The van der Waals surface area contributed by atoms with E-state index in [0.29, 0.717) is 19.5 Å².